The van der Waals surface area contributed by atoms with Crippen molar-refractivity contribution in [3.8, 4) is 22.6 Å². The van der Waals surface area contributed by atoms with E-state index in [0.717, 1.165) is 16.7 Å². The van der Waals surface area contributed by atoms with E-state index in [4.69, 9.17) is 4.74 Å². The predicted molar refractivity (Wildman–Crippen MR) is 85.1 cm³/mol. The topological polar surface area (TPSA) is 52.8 Å². The fourth-order valence-electron chi connectivity index (χ4n) is 2.59. The molecule has 29 heavy (non-hydrogen) atoms. The summed E-state index contributed by atoms with van der Waals surface area (Å²) in [5.74, 6) is -2.40. The molecule has 2 heterocycles. The Balaban J connectivity index is 2.28. The molecule has 0 saturated carbocycles. The molecule has 0 atom stereocenters. The summed E-state index contributed by atoms with van der Waals surface area (Å²) in [5, 5.41) is 0. The number of nitrogens with zero attached hydrogens (tertiary/aromatic N) is 2. The summed E-state index contributed by atoms with van der Waals surface area (Å²) in [6.45, 7) is 0. The van der Waals surface area contributed by atoms with Gasteiger partial charge in [0.15, 0.2) is 5.69 Å². The summed E-state index contributed by atoms with van der Waals surface area (Å²) in [4.78, 5) is 16.1. The first-order valence-corrected chi connectivity index (χ1v) is 7.64. The Kier molecular flexibility index (Phi) is 4.89. The van der Waals surface area contributed by atoms with Crippen LogP contribution in [0.4, 0.5) is 30.7 Å². The lowest BCUT2D eigenvalue weighted by atomic mass is 10.0. The first kappa shape index (κ1) is 20.4. The number of methoxy groups -OCH3 is 1. The van der Waals surface area contributed by atoms with Crippen LogP contribution in [0.2, 0.25) is 0 Å². The van der Waals surface area contributed by atoms with Crippen molar-refractivity contribution in [2.24, 2.45) is 0 Å². The molecule has 0 radical (unpaired) electrons. The number of pyridine rings is 1. The van der Waals surface area contributed by atoms with E-state index in [1.165, 1.54) is 13.2 Å². The number of ether oxygens (including phenoxy) is 2. The van der Waals surface area contributed by atoms with Gasteiger partial charge in [-0.05, 0) is 18.2 Å². The number of hydrogen-bond acceptors (Lipinski definition) is 4. The largest absolute Gasteiger partial charge is 0.573 e. The van der Waals surface area contributed by atoms with Gasteiger partial charge in [0.05, 0.1) is 12.7 Å². The summed E-state index contributed by atoms with van der Waals surface area (Å²) in [6.07, 6.45) is -9.21. The highest BCUT2D eigenvalue weighted by Gasteiger charge is 2.39. The number of benzene rings is 1. The van der Waals surface area contributed by atoms with E-state index in [-0.39, 0.29) is 11.8 Å². The third-order valence-electron chi connectivity index (χ3n) is 3.75. The normalized spacial score (nSPS) is 12.3. The molecule has 0 unspecified atom stereocenters. The molecule has 0 spiro atoms. The highest BCUT2D eigenvalue weighted by Crippen LogP contribution is 2.36. The fourth-order valence-corrected chi connectivity index (χ4v) is 2.59. The lowest BCUT2D eigenvalue weighted by Gasteiger charge is -2.15. The lowest BCUT2D eigenvalue weighted by Crippen LogP contribution is -2.24. The lowest BCUT2D eigenvalue weighted by molar-refractivity contribution is -0.274. The second-order valence-corrected chi connectivity index (χ2v) is 5.62. The summed E-state index contributed by atoms with van der Waals surface area (Å²) in [7, 11) is 1.25. The minimum absolute atomic E-state index is 0.123. The van der Waals surface area contributed by atoms with E-state index < -0.39 is 52.1 Å². The fraction of sp³-hybridized carbons (Fsp3) is 0.176. The van der Waals surface area contributed by atoms with Crippen molar-refractivity contribution in [1.82, 2.24) is 9.38 Å². The van der Waals surface area contributed by atoms with Gasteiger partial charge in [0.1, 0.15) is 23.0 Å². The second kappa shape index (κ2) is 6.94. The van der Waals surface area contributed by atoms with Crippen molar-refractivity contribution in [3.63, 3.8) is 0 Å². The van der Waals surface area contributed by atoms with E-state index in [9.17, 15) is 35.5 Å². The summed E-state index contributed by atoms with van der Waals surface area (Å²) in [6, 6.07) is 3.74. The van der Waals surface area contributed by atoms with Gasteiger partial charge in [-0.2, -0.15) is 13.2 Å². The van der Waals surface area contributed by atoms with Crippen LogP contribution in [0.15, 0.2) is 41.3 Å². The molecule has 0 aliphatic heterocycles. The highest BCUT2D eigenvalue weighted by atomic mass is 19.4. The van der Waals surface area contributed by atoms with Crippen LogP contribution in [0, 0.1) is 5.82 Å². The highest BCUT2D eigenvalue weighted by molar-refractivity contribution is 5.69. The van der Waals surface area contributed by atoms with Gasteiger partial charge in [0, 0.05) is 23.9 Å². The molecule has 3 aromatic rings. The van der Waals surface area contributed by atoms with Crippen LogP contribution in [0.5, 0.6) is 11.5 Å². The maximum Gasteiger partial charge on any atom is 0.573 e. The van der Waals surface area contributed by atoms with Gasteiger partial charge >= 0.3 is 12.5 Å². The molecule has 12 heteroatoms. The minimum atomic E-state index is -5.15. The molecule has 154 valence electrons. The minimum Gasteiger partial charge on any atom is -0.497 e. The van der Waals surface area contributed by atoms with E-state index in [2.05, 4.69) is 9.72 Å². The Morgan fingerprint density at radius 2 is 1.69 bits per heavy atom. The molecule has 0 saturated heterocycles. The van der Waals surface area contributed by atoms with Crippen molar-refractivity contribution in [2.75, 3.05) is 7.11 Å². The van der Waals surface area contributed by atoms with E-state index in [1.807, 2.05) is 0 Å². The van der Waals surface area contributed by atoms with Crippen LogP contribution in [-0.2, 0) is 6.18 Å². The van der Waals surface area contributed by atoms with Gasteiger partial charge in [-0.15, -0.1) is 13.2 Å². The first-order valence-electron chi connectivity index (χ1n) is 7.64. The predicted octanol–water partition coefficient (Wildman–Crippen LogP) is 4.43. The quantitative estimate of drug-likeness (QED) is 0.587. The van der Waals surface area contributed by atoms with Gasteiger partial charge in [-0.3, -0.25) is 9.20 Å². The van der Waals surface area contributed by atoms with Crippen molar-refractivity contribution >= 4 is 5.65 Å². The van der Waals surface area contributed by atoms with Crippen molar-refractivity contribution in [2.45, 2.75) is 12.5 Å². The van der Waals surface area contributed by atoms with Gasteiger partial charge in [-0.25, -0.2) is 9.37 Å². The summed E-state index contributed by atoms with van der Waals surface area (Å²) >= 11 is 0. The Morgan fingerprint density at radius 3 is 2.24 bits per heavy atom. The first-order chi connectivity index (χ1) is 13.4. The average Bonchev–Trinajstić information content (AvgIpc) is 2.60. The molecule has 3 rings (SSSR count). The SMILES string of the molecule is COc1ccn2c(=O)c(-c3ccc(OC(F)(F)F)cc3F)c(C(F)(F)F)nc2c1. The van der Waals surface area contributed by atoms with Crippen LogP contribution in [0.1, 0.15) is 5.69 Å². The molecule has 0 amide bonds. The van der Waals surface area contributed by atoms with Gasteiger partial charge in [-0.1, -0.05) is 0 Å². The Morgan fingerprint density at radius 1 is 1.00 bits per heavy atom. The smallest absolute Gasteiger partial charge is 0.497 e. The third kappa shape index (κ3) is 4.10. The molecule has 1 aromatic carbocycles. The Labute approximate surface area is 156 Å². The van der Waals surface area contributed by atoms with Crippen molar-refractivity contribution < 1.29 is 40.2 Å². The molecular weight excluding hydrogens is 413 g/mol. The summed E-state index contributed by atoms with van der Waals surface area (Å²) in [5.41, 5.74) is -5.42. The molecule has 0 N–H and O–H groups in total. The molecular formula is C17H9F7N2O3. The third-order valence-corrected chi connectivity index (χ3v) is 3.75. The van der Waals surface area contributed by atoms with Gasteiger partial charge in [0.2, 0.25) is 0 Å². The van der Waals surface area contributed by atoms with Gasteiger partial charge < -0.3 is 9.47 Å². The van der Waals surface area contributed by atoms with Crippen molar-refractivity contribution in [1.29, 1.82) is 0 Å². The molecule has 2 aromatic heterocycles. The van der Waals surface area contributed by atoms with Crippen LogP contribution < -0.4 is 15.0 Å². The molecule has 0 bridgehead atoms. The maximum absolute atomic E-state index is 14.4. The van der Waals surface area contributed by atoms with E-state index in [1.54, 1.807) is 0 Å². The molecule has 0 fully saturated rings. The monoisotopic (exact) mass is 422 g/mol. The number of halogens is 7. The van der Waals surface area contributed by atoms with Crippen LogP contribution in [0.25, 0.3) is 16.8 Å². The van der Waals surface area contributed by atoms with Crippen LogP contribution >= 0.6 is 0 Å². The Hall–Kier alpha value is -3.31. The number of fused-ring (bicyclic) bond motifs is 1. The zero-order valence-electron chi connectivity index (χ0n) is 14.2. The Bertz CT molecular complexity index is 1140. The zero-order chi connectivity index (χ0) is 21.6. The van der Waals surface area contributed by atoms with Crippen molar-refractivity contribution in [3.05, 3.63) is 58.4 Å². The number of rotatable bonds is 3. The van der Waals surface area contributed by atoms with Crippen LogP contribution in [-0.4, -0.2) is 22.9 Å². The second-order valence-electron chi connectivity index (χ2n) is 5.62. The average molecular weight is 422 g/mol. The molecule has 0 aliphatic rings. The number of aromatic nitrogens is 2. The standard InChI is InChI=1S/C17H9F7N2O3/c1-28-8-4-5-26-12(7-8)25-14(16(19,20)21)13(15(26)27)10-3-2-9(6-11(10)18)29-17(22,23)24/h2-7H,1H3. The van der Waals surface area contributed by atoms with E-state index >= 15 is 0 Å². The van der Waals surface area contributed by atoms with E-state index in [0.29, 0.717) is 12.1 Å². The number of alkyl halides is 6. The van der Waals surface area contributed by atoms with Crippen LogP contribution in [0.3, 0.4) is 0 Å². The molecule has 5 nitrogen and oxygen atoms in total. The number of hydrogen-bond donors (Lipinski definition) is 0. The summed E-state index contributed by atoms with van der Waals surface area (Å²) < 4.78 is 101. The zero-order valence-corrected chi connectivity index (χ0v) is 14.2. The van der Waals surface area contributed by atoms with Gasteiger partial charge in [0.25, 0.3) is 5.56 Å². The maximum atomic E-state index is 14.4. The molecule has 0 aliphatic carbocycles.